The second kappa shape index (κ2) is 5.93. The van der Waals surface area contributed by atoms with Crippen molar-refractivity contribution in [1.82, 2.24) is 10.2 Å². The van der Waals surface area contributed by atoms with Crippen LogP contribution in [0, 0.1) is 0 Å². The Morgan fingerprint density at radius 3 is 2.29 bits per heavy atom. The summed E-state index contributed by atoms with van der Waals surface area (Å²) in [6.07, 6.45) is 2.56. The molecule has 0 aromatic heterocycles. The highest BCUT2D eigenvalue weighted by Gasteiger charge is 2.22. The van der Waals surface area contributed by atoms with Crippen molar-refractivity contribution in [2.45, 2.75) is 26.3 Å². The van der Waals surface area contributed by atoms with Gasteiger partial charge in [0.15, 0.2) is 0 Å². The summed E-state index contributed by atoms with van der Waals surface area (Å²) >= 11 is 0. The molecule has 17 heavy (non-hydrogen) atoms. The molecule has 0 saturated heterocycles. The molecule has 1 aliphatic rings. The highest BCUT2D eigenvalue weighted by Crippen LogP contribution is 2.02. The summed E-state index contributed by atoms with van der Waals surface area (Å²) in [6.45, 7) is 8.27. The van der Waals surface area contributed by atoms with E-state index in [1.165, 1.54) is 17.1 Å². The van der Waals surface area contributed by atoms with Crippen LogP contribution in [0.2, 0.25) is 0 Å². The van der Waals surface area contributed by atoms with E-state index in [-0.39, 0.29) is 17.4 Å². The largest absolute Gasteiger partial charge is 0.378 e. The third-order valence-corrected chi connectivity index (χ3v) is 2.26. The van der Waals surface area contributed by atoms with E-state index in [1.807, 2.05) is 0 Å². The van der Waals surface area contributed by atoms with Gasteiger partial charge >= 0.3 is 0 Å². The van der Waals surface area contributed by atoms with Crippen LogP contribution in [0.1, 0.15) is 20.8 Å². The van der Waals surface area contributed by atoms with Gasteiger partial charge in [-0.1, -0.05) is 0 Å². The minimum atomic E-state index is -0.258. The fourth-order valence-electron chi connectivity index (χ4n) is 1.41. The van der Waals surface area contributed by atoms with E-state index in [2.05, 4.69) is 26.1 Å². The van der Waals surface area contributed by atoms with Crippen LogP contribution in [-0.2, 0) is 14.3 Å². The minimum Gasteiger partial charge on any atom is -0.378 e. The van der Waals surface area contributed by atoms with Crippen molar-refractivity contribution in [3.05, 3.63) is 12.2 Å². The van der Waals surface area contributed by atoms with Crippen LogP contribution in [0.25, 0.3) is 0 Å². The summed E-state index contributed by atoms with van der Waals surface area (Å²) < 4.78 is 5.35. The number of hydrogen-bond acceptors (Lipinski definition) is 4. The molecule has 0 atom stereocenters. The SMILES string of the molecule is CC(C)(C)NCCOCCN1C(=O)C=CC1=O. The van der Waals surface area contributed by atoms with Crippen molar-refractivity contribution in [1.29, 1.82) is 0 Å². The maximum Gasteiger partial charge on any atom is 0.253 e. The van der Waals surface area contributed by atoms with Crippen molar-refractivity contribution in [3.63, 3.8) is 0 Å². The Morgan fingerprint density at radius 2 is 1.76 bits per heavy atom. The van der Waals surface area contributed by atoms with Gasteiger partial charge in [-0.2, -0.15) is 0 Å². The van der Waals surface area contributed by atoms with Crippen molar-refractivity contribution in [3.8, 4) is 0 Å². The van der Waals surface area contributed by atoms with E-state index in [0.29, 0.717) is 19.8 Å². The van der Waals surface area contributed by atoms with Gasteiger partial charge in [0.2, 0.25) is 0 Å². The number of carbonyl (C=O) groups is 2. The zero-order chi connectivity index (χ0) is 12.9. The summed E-state index contributed by atoms with van der Waals surface area (Å²) in [4.78, 5) is 23.6. The van der Waals surface area contributed by atoms with Crippen LogP contribution in [0.5, 0.6) is 0 Å². The summed E-state index contributed by atoms with van der Waals surface area (Å²) in [7, 11) is 0. The molecule has 0 aromatic rings. The Hall–Kier alpha value is -1.20. The smallest absolute Gasteiger partial charge is 0.253 e. The lowest BCUT2D eigenvalue weighted by molar-refractivity contribution is -0.137. The summed E-state index contributed by atoms with van der Waals surface area (Å²) in [5.41, 5.74) is 0.0775. The van der Waals surface area contributed by atoms with Gasteiger partial charge in [0, 0.05) is 24.2 Å². The molecule has 0 spiro atoms. The van der Waals surface area contributed by atoms with Crippen LogP contribution in [0.15, 0.2) is 12.2 Å². The first-order valence-electron chi connectivity index (χ1n) is 5.76. The number of amides is 2. The monoisotopic (exact) mass is 240 g/mol. The number of carbonyl (C=O) groups excluding carboxylic acids is 2. The zero-order valence-corrected chi connectivity index (χ0v) is 10.7. The van der Waals surface area contributed by atoms with Gasteiger partial charge in [-0.3, -0.25) is 14.5 Å². The van der Waals surface area contributed by atoms with E-state index in [4.69, 9.17) is 4.74 Å². The highest BCUT2D eigenvalue weighted by atomic mass is 16.5. The Balaban J connectivity index is 2.05. The van der Waals surface area contributed by atoms with Crippen molar-refractivity contribution in [2.24, 2.45) is 0 Å². The second-order valence-electron chi connectivity index (χ2n) is 4.95. The highest BCUT2D eigenvalue weighted by molar-refractivity contribution is 6.12. The third-order valence-electron chi connectivity index (χ3n) is 2.26. The molecule has 1 rings (SSSR count). The molecule has 0 saturated carbocycles. The van der Waals surface area contributed by atoms with E-state index < -0.39 is 0 Å². The Labute approximate surface area is 102 Å². The average Bonchev–Trinajstić information content (AvgIpc) is 2.52. The lowest BCUT2D eigenvalue weighted by Gasteiger charge is -2.20. The zero-order valence-electron chi connectivity index (χ0n) is 10.7. The Bertz CT molecular complexity index is 300. The van der Waals surface area contributed by atoms with E-state index >= 15 is 0 Å². The third kappa shape index (κ3) is 5.10. The Kier molecular flexibility index (Phi) is 4.84. The number of rotatable bonds is 6. The van der Waals surface area contributed by atoms with E-state index in [0.717, 1.165) is 6.54 Å². The van der Waals surface area contributed by atoms with Crippen LogP contribution in [-0.4, -0.2) is 48.6 Å². The molecule has 0 bridgehead atoms. The Morgan fingerprint density at radius 1 is 1.18 bits per heavy atom. The lowest BCUT2D eigenvalue weighted by atomic mass is 10.1. The first kappa shape index (κ1) is 13.9. The minimum absolute atomic E-state index is 0.0775. The maximum atomic E-state index is 11.2. The molecule has 0 unspecified atom stereocenters. The number of nitrogens with zero attached hydrogens (tertiary/aromatic N) is 1. The maximum absolute atomic E-state index is 11.2. The molecule has 5 nitrogen and oxygen atoms in total. The van der Waals surface area contributed by atoms with Gasteiger partial charge in [-0.05, 0) is 20.8 Å². The number of ether oxygens (including phenoxy) is 1. The van der Waals surface area contributed by atoms with Crippen LogP contribution in [0.4, 0.5) is 0 Å². The molecule has 2 amide bonds. The quantitative estimate of drug-likeness (QED) is 0.536. The fourth-order valence-corrected chi connectivity index (χ4v) is 1.41. The van der Waals surface area contributed by atoms with Crippen molar-refractivity contribution >= 4 is 11.8 Å². The molecule has 0 fully saturated rings. The summed E-state index contributed by atoms with van der Waals surface area (Å²) in [5, 5.41) is 3.28. The van der Waals surface area contributed by atoms with Gasteiger partial charge in [0.1, 0.15) is 0 Å². The molecule has 96 valence electrons. The fraction of sp³-hybridized carbons (Fsp3) is 0.667. The molecular formula is C12H20N2O3. The van der Waals surface area contributed by atoms with Gasteiger partial charge in [0.05, 0.1) is 19.8 Å². The van der Waals surface area contributed by atoms with Crippen molar-refractivity contribution in [2.75, 3.05) is 26.3 Å². The predicted octanol–water partition coefficient (Wildman–Crippen LogP) is 0.316. The first-order chi connectivity index (χ1) is 7.90. The van der Waals surface area contributed by atoms with Crippen LogP contribution in [0.3, 0.4) is 0 Å². The molecular weight excluding hydrogens is 220 g/mol. The summed E-state index contributed by atoms with van der Waals surface area (Å²) in [6, 6.07) is 0. The van der Waals surface area contributed by atoms with Crippen LogP contribution < -0.4 is 5.32 Å². The van der Waals surface area contributed by atoms with Crippen LogP contribution >= 0.6 is 0 Å². The lowest BCUT2D eigenvalue weighted by Crippen LogP contribution is -2.38. The summed E-state index contributed by atoms with van der Waals surface area (Å²) in [5.74, 6) is -0.516. The van der Waals surface area contributed by atoms with Gasteiger partial charge in [-0.15, -0.1) is 0 Å². The molecule has 1 N–H and O–H groups in total. The van der Waals surface area contributed by atoms with Crippen molar-refractivity contribution < 1.29 is 14.3 Å². The molecule has 0 radical (unpaired) electrons. The molecule has 1 aliphatic heterocycles. The van der Waals surface area contributed by atoms with Gasteiger partial charge in [-0.25, -0.2) is 0 Å². The molecule has 1 heterocycles. The second-order valence-corrected chi connectivity index (χ2v) is 4.95. The molecule has 5 heteroatoms. The number of nitrogens with one attached hydrogen (secondary N) is 1. The standard InChI is InChI=1S/C12H20N2O3/c1-12(2,3)13-6-8-17-9-7-14-10(15)4-5-11(14)16/h4-5,13H,6-9H2,1-3H3. The number of imide groups is 1. The number of hydrogen-bond donors (Lipinski definition) is 1. The van der Waals surface area contributed by atoms with Gasteiger partial charge < -0.3 is 10.1 Å². The average molecular weight is 240 g/mol. The predicted molar refractivity (Wildman–Crippen MR) is 64.4 cm³/mol. The topological polar surface area (TPSA) is 58.6 Å². The molecule has 0 aromatic carbocycles. The first-order valence-corrected chi connectivity index (χ1v) is 5.76. The van der Waals surface area contributed by atoms with Gasteiger partial charge in [0.25, 0.3) is 11.8 Å². The normalized spacial score (nSPS) is 16.1. The van der Waals surface area contributed by atoms with E-state index in [9.17, 15) is 9.59 Å². The van der Waals surface area contributed by atoms with E-state index in [1.54, 1.807) is 0 Å². The molecule has 0 aliphatic carbocycles.